The summed E-state index contributed by atoms with van der Waals surface area (Å²) < 4.78 is 26.8. The summed E-state index contributed by atoms with van der Waals surface area (Å²) in [6.07, 6.45) is 7.34. The van der Waals surface area contributed by atoms with Gasteiger partial charge in [-0.05, 0) is 99.7 Å². The molecule has 5 rings (SSSR count). The average molecular weight is 455 g/mol. The van der Waals surface area contributed by atoms with Gasteiger partial charge in [0.25, 0.3) is 0 Å². The van der Waals surface area contributed by atoms with Gasteiger partial charge in [0.05, 0.1) is 13.2 Å². The van der Waals surface area contributed by atoms with E-state index in [-0.39, 0.29) is 0 Å². The molecule has 0 aliphatic carbocycles. The Morgan fingerprint density at radius 3 is 1.56 bits per heavy atom. The lowest BCUT2D eigenvalue weighted by atomic mass is 10.1. The van der Waals surface area contributed by atoms with E-state index in [1.807, 2.05) is 36.4 Å². The van der Waals surface area contributed by atoms with Gasteiger partial charge in [-0.15, -0.1) is 0 Å². The monoisotopic (exact) mass is 454 g/mol. The lowest BCUT2D eigenvalue weighted by molar-refractivity contribution is 0.263. The van der Waals surface area contributed by atoms with Crippen LogP contribution in [0.15, 0.2) is 36.4 Å². The summed E-state index contributed by atoms with van der Waals surface area (Å²) in [7, 11) is -1.19. The van der Waals surface area contributed by atoms with Gasteiger partial charge in [0, 0.05) is 36.0 Å². The van der Waals surface area contributed by atoms with Crippen molar-refractivity contribution in [1.29, 1.82) is 0 Å². The first-order chi connectivity index (χ1) is 15.8. The van der Waals surface area contributed by atoms with Gasteiger partial charge in [-0.3, -0.25) is 0 Å². The van der Waals surface area contributed by atoms with E-state index in [9.17, 15) is 4.55 Å². The number of nitrogens with zero attached hydrogens (tertiary/aromatic N) is 2. The lowest BCUT2D eigenvalue weighted by Gasteiger charge is -2.14. The zero-order valence-electron chi connectivity index (χ0n) is 18.9. The molecule has 0 bridgehead atoms. The van der Waals surface area contributed by atoms with Crippen LogP contribution in [0.1, 0.15) is 38.5 Å². The summed E-state index contributed by atoms with van der Waals surface area (Å²) in [5.74, 6) is 1.62. The number of rotatable bonds is 10. The number of ether oxygens (including phenoxy) is 2. The van der Waals surface area contributed by atoms with Gasteiger partial charge in [-0.1, -0.05) is 0 Å². The van der Waals surface area contributed by atoms with Gasteiger partial charge in [0.2, 0.25) is 0 Å². The number of hydrogen-bond donors (Lipinski definition) is 0. The Hall–Kier alpha value is -1.86. The maximum absolute atomic E-state index is 13.2. The zero-order chi connectivity index (χ0) is 21.8. The third-order valence-electron chi connectivity index (χ3n) is 6.77. The fourth-order valence-corrected chi connectivity index (χ4v) is 6.46. The first kappa shape index (κ1) is 22.0. The summed E-state index contributed by atoms with van der Waals surface area (Å²) in [5.41, 5.74) is 0. The zero-order valence-corrected chi connectivity index (χ0v) is 19.7. The summed E-state index contributed by atoms with van der Waals surface area (Å²) in [4.78, 5) is 5.01. The molecule has 0 unspecified atom stereocenters. The van der Waals surface area contributed by atoms with Crippen LogP contribution in [-0.4, -0.2) is 66.8 Å². The van der Waals surface area contributed by atoms with Crippen LogP contribution < -0.4 is 9.47 Å². The first-order valence-corrected chi connectivity index (χ1v) is 13.3. The maximum Gasteiger partial charge on any atom is 0.184 e. The lowest BCUT2D eigenvalue weighted by Crippen LogP contribution is -2.21. The largest absolute Gasteiger partial charge is 0.590 e. The number of hydrogen-bond acceptors (Lipinski definition) is 5. The molecule has 6 heteroatoms. The van der Waals surface area contributed by atoms with Crippen molar-refractivity contribution in [3.05, 3.63) is 36.4 Å². The van der Waals surface area contributed by atoms with Gasteiger partial charge in [0.15, 0.2) is 9.40 Å². The van der Waals surface area contributed by atoms with E-state index in [0.29, 0.717) is 13.2 Å². The quantitative estimate of drug-likeness (QED) is 0.301. The molecular weight excluding hydrogens is 420 g/mol. The van der Waals surface area contributed by atoms with E-state index >= 15 is 0 Å². The topological polar surface area (TPSA) is 48.0 Å². The molecule has 2 saturated heterocycles. The molecule has 1 aromatic heterocycles. The summed E-state index contributed by atoms with van der Waals surface area (Å²) in [6, 6.07) is 12.0. The number of fused-ring (bicyclic) bond motifs is 3. The minimum Gasteiger partial charge on any atom is -0.590 e. The first-order valence-electron chi connectivity index (χ1n) is 12.2. The molecule has 2 aromatic carbocycles. The molecule has 2 fully saturated rings. The second-order valence-electron chi connectivity index (χ2n) is 9.09. The predicted molar refractivity (Wildman–Crippen MR) is 132 cm³/mol. The van der Waals surface area contributed by atoms with E-state index in [4.69, 9.17) is 9.47 Å². The van der Waals surface area contributed by atoms with Crippen LogP contribution in [0.4, 0.5) is 0 Å². The van der Waals surface area contributed by atoms with Gasteiger partial charge < -0.3 is 23.8 Å². The maximum atomic E-state index is 13.2. The van der Waals surface area contributed by atoms with E-state index in [0.717, 1.165) is 57.6 Å². The standard InChI is InChI=1S/C26H34N2O3S/c29-32-25-19-21(30-17-5-15-27-11-1-2-12-27)7-9-23(25)24-10-8-22(20-26(24)32)31-18-6-16-28-13-3-4-14-28/h7-10,19-20H,1-6,11-18H2. The van der Waals surface area contributed by atoms with Gasteiger partial charge in [-0.25, -0.2) is 0 Å². The second kappa shape index (κ2) is 10.4. The smallest absolute Gasteiger partial charge is 0.184 e. The van der Waals surface area contributed by atoms with Gasteiger partial charge in [0.1, 0.15) is 11.5 Å². The molecular formula is C26H34N2O3S. The Kier molecular flexibility index (Phi) is 7.13. The Balaban J connectivity index is 1.20. The molecule has 0 N–H and O–H groups in total. The van der Waals surface area contributed by atoms with Crippen LogP contribution in [-0.2, 0) is 0 Å². The molecule has 0 spiro atoms. The van der Waals surface area contributed by atoms with Crippen molar-refractivity contribution >= 4 is 30.9 Å². The van der Waals surface area contributed by atoms with Crippen LogP contribution in [0, 0.1) is 0 Å². The van der Waals surface area contributed by atoms with Crippen molar-refractivity contribution in [2.45, 2.75) is 38.5 Å². The Bertz CT molecular complexity index is 957. The molecule has 0 saturated carbocycles. The van der Waals surface area contributed by atoms with Crippen molar-refractivity contribution < 1.29 is 14.0 Å². The van der Waals surface area contributed by atoms with Gasteiger partial charge in [-0.2, -0.15) is 0 Å². The van der Waals surface area contributed by atoms with Crippen molar-refractivity contribution in [3.8, 4) is 11.5 Å². The summed E-state index contributed by atoms with van der Waals surface area (Å²) in [6.45, 7) is 8.49. The minimum atomic E-state index is -1.19. The molecule has 2 aliphatic heterocycles. The fraction of sp³-hybridized carbons (Fsp3) is 0.538. The van der Waals surface area contributed by atoms with E-state index in [2.05, 4.69) is 9.80 Å². The molecule has 0 amide bonds. The van der Waals surface area contributed by atoms with Gasteiger partial charge >= 0.3 is 0 Å². The highest BCUT2D eigenvalue weighted by atomic mass is 32.2. The Labute approximate surface area is 193 Å². The van der Waals surface area contributed by atoms with E-state index in [1.165, 1.54) is 51.9 Å². The van der Waals surface area contributed by atoms with Crippen molar-refractivity contribution in [3.63, 3.8) is 0 Å². The molecule has 172 valence electrons. The molecule has 2 aliphatic rings. The molecule has 0 atom stereocenters. The summed E-state index contributed by atoms with van der Waals surface area (Å²) >= 11 is 0. The van der Waals surface area contributed by atoms with E-state index < -0.39 is 10.8 Å². The normalized spacial score (nSPS) is 17.7. The summed E-state index contributed by atoms with van der Waals surface area (Å²) in [5, 5.41) is 2.09. The fourth-order valence-electron chi connectivity index (χ4n) is 5.02. The van der Waals surface area contributed by atoms with Crippen LogP contribution in [0.5, 0.6) is 11.5 Å². The molecule has 3 aromatic rings. The third-order valence-corrected chi connectivity index (χ3v) is 8.24. The number of benzene rings is 2. The molecule has 32 heavy (non-hydrogen) atoms. The van der Waals surface area contributed by atoms with Crippen molar-refractivity contribution in [2.24, 2.45) is 0 Å². The van der Waals surface area contributed by atoms with Crippen LogP contribution >= 0.6 is 10.8 Å². The van der Waals surface area contributed by atoms with Crippen LogP contribution in [0.2, 0.25) is 0 Å². The number of likely N-dealkylation sites (tertiary alicyclic amines) is 2. The third kappa shape index (κ3) is 5.04. The predicted octanol–water partition coefficient (Wildman–Crippen LogP) is 5.45. The highest BCUT2D eigenvalue weighted by Crippen LogP contribution is 2.43. The SMILES string of the molecule is [O-][s+]1c2cc(OCCCN3CCCC3)ccc2c2ccc(OCCCN3CCCC3)cc21. The molecule has 3 heterocycles. The second-order valence-corrected chi connectivity index (χ2v) is 10.5. The minimum absolute atomic E-state index is 0.699. The van der Waals surface area contributed by atoms with Crippen molar-refractivity contribution in [2.75, 3.05) is 52.5 Å². The highest BCUT2D eigenvalue weighted by Gasteiger charge is 2.18. The Morgan fingerprint density at radius 2 is 1.12 bits per heavy atom. The highest BCUT2D eigenvalue weighted by molar-refractivity contribution is 7.37. The molecule has 0 radical (unpaired) electrons. The van der Waals surface area contributed by atoms with E-state index in [1.54, 1.807) is 0 Å². The molecule has 5 nitrogen and oxygen atoms in total. The van der Waals surface area contributed by atoms with Crippen LogP contribution in [0.25, 0.3) is 20.2 Å². The average Bonchev–Trinajstić information content (AvgIpc) is 3.57. The Morgan fingerprint density at radius 1 is 0.688 bits per heavy atom. The number of thiophene rings is 1. The van der Waals surface area contributed by atoms with Crippen molar-refractivity contribution in [1.82, 2.24) is 9.80 Å². The van der Waals surface area contributed by atoms with Crippen LogP contribution in [0.3, 0.4) is 0 Å².